The second-order valence-corrected chi connectivity index (χ2v) is 4.99. The molecule has 0 aromatic rings. The summed E-state index contributed by atoms with van der Waals surface area (Å²) in [5.41, 5.74) is 0.244. The molecule has 0 bridgehead atoms. The number of rotatable bonds is 5. The molecular weight excluding hydrogens is 176 g/mol. The summed E-state index contributed by atoms with van der Waals surface area (Å²) in [7, 11) is 0. The highest BCUT2D eigenvalue weighted by Gasteiger charge is 2.17. The van der Waals surface area contributed by atoms with E-state index in [0.29, 0.717) is 6.61 Å². The summed E-state index contributed by atoms with van der Waals surface area (Å²) in [6.45, 7) is 11.1. The first kappa shape index (κ1) is 13.5. The summed E-state index contributed by atoms with van der Waals surface area (Å²) < 4.78 is 5.22. The number of esters is 1. The predicted molar refractivity (Wildman–Crippen MR) is 59.1 cm³/mol. The van der Waals surface area contributed by atoms with Crippen LogP contribution >= 0.6 is 0 Å². The summed E-state index contributed by atoms with van der Waals surface area (Å²) in [6.07, 6.45) is 2.69. The lowest BCUT2D eigenvalue weighted by Crippen LogP contribution is -2.19. The Kier molecular flexibility index (Phi) is 5.82. The maximum atomic E-state index is 11.5. The Morgan fingerprint density at radius 3 is 2.07 bits per heavy atom. The zero-order valence-corrected chi connectivity index (χ0v) is 10.2. The van der Waals surface area contributed by atoms with Gasteiger partial charge in [-0.2, -0.15) is 0 Å². The third kappa shape index (κ3) is 6.01. The molecule has 0 aromatic heterocycles. The standard InChI is InChI=1S/C12H24O2/c1-6-10(7-2)11(13)14-9-8-12(3,4)5/h10H,6-9H2,1-5H3. The van der Waals surface area contributed by atoms with Crippen molar-refractivity contribution in [1.29, 1.82) is 0 Å². The molecule has 0 aliphatic carbocycles. The van der Waals surface area contributed by atoms with Crippen molar-refractivity contribution in [3.05, 3.63) is 0 Å². The molecule has 14 heavy (non-hydrogen) atoms. The molecule has 0 spiro atoms. The second kappa shape index (κ2) is 6.05. The van der Waals surface area contributed by atoms with Gasteiger partial charge in [0.2, 0.25) is 0 Å². The summed E-state index contributed by atoms with van der Waals surface area (Å²) in [5, 5.41) is 0. The lowest BCUT2D eigenvalue weighted by atomic mass is 9.93. The van der Waals surface area contributed by atoms with Crippen LogP contribution in [0.1, 0.15) is 53.9 Å². The molecule has 0 aromatic carbocycles. The van der Waals surface area contributed by atoms with Crippen LogP contribution < -0.4 is 0 Å². The van der Waals surface area contributed by atoms with Crippen molar-refractivity contribution in [3.8, 4) is 0 Å². The highest BCUT2D eigenvalue weighted by Crippen LogP contribution is 2.18. The summed E-state index contributed by atoms with van der Waals surface area (Å²) in [5.74, 6) is 0.0641. The van der Waals surface area contributed by atoms with Crippen LogP contribution in [0.15, 0.2) is 0 Å². The van der Waals surface area contributed by atoms with Crippen LogP contribution in [-0.2, 0) is 9.53 Å². The van der Waals surface area contributed by atoms with Gasteiger partial charge in [-0.15, -0.1) is 0 Å². The Bertz CT molecular complexity index is 164. The quantitative estimate of drug-likeness (QED) is 0.636. The minimum Gasteiger partial charge on any atom is -0.465 e. The maximum absolute atomic E-state index is 11.5. The van der Waals surface area contributed by atoms with Crippen LogP contribution in [0.25, 0.3) is 0 Å². The minimum absolute atomic E-state index is 0.0285. The first-order valence-corrected chi connectivity index (χ1v) is 5.57. The Labute approximate surface area is 88.0 Å². The van der Waals surface area contributed by atoms with Gasteiger partial charge >= 0.3 is 5.97 Å². The maximum Gasteiger partial charge on any atom is 0.308 e. The van der Waals surface area contributed by atoms with Crippen LogP contribution in [0.3, 0.4) is 0 Å². The average molecular weight is 200 g/mol. The van der Waals surface area contributed by atoms with Crippen molar-refractivity contribution in [1.82, 2.24) is 0 Å². The van der Waals surface area contributed by atoms with Crippen LogP contribution in [-0.4, -0.2) is 12.6 Å². The SMILES string of the molecule is CCC(CC)C(=O)OCCC(C)(C)C. The smallest absolute Gasteiger partial charge is 0.308 e. The van der Waals surface area contributed by atoms with Crippen molar-refractivity contribution in [2.75, 3.05) is 6.61 Å². The van der Waals surface area contributed by atoms with Gasteiger partial charge in [0.05, 0.1) is 12.5 Å². The fourth-order valence-corrected chi connectivity index (χ4v) is 1.20. The zero-order chi connectivity index (χ0) is 11.2. The van der Waals surface area contributed by atoms with Gasteiger partial charge in [0.15, 0.2) is 0 Å². The fraction of sp³-hybridized carbons (Fsp3) is 0.917. The second-order valence-electron chi connectivity index (χ2n) is 4.99. The van der Waals surface area contributed by atoms with Gasteiger partial charge in [-0.3, -0.25) is 4.79 Å². The molecule has 0 atom stereocenters. The highest BCUT2D eigenvalue weighted by molar-refractivity contribution is 5.72. The Hall–Kier alpha value is -0.530. The van der Waals surface area contributed by atoms with E-state index < -0.39 is 0 Å². The van der Waals surface area contributed by atoms with E-state index in [2.05, 4.69) is 20.8 Å². The highest BCUT2D eigenvalue weighted by atomic mass is 16.5. The number of carbonyl (C=O) groups is 1. The van der Waals surface area contributed by atoms with Gasteiger partial charge in [0.25, 0.3) is 0 Å². The molecule has 84 valence electrons. The van der Waals surface area contributed by atoms with E-state index in [0.717, 1.165) is 19.3 Å². The van der Waals surface area contributed by atoms with Gasteiger partial charge in [0.1, 0.15) is 0 Å². The molecule has 0 saturated heterocycles. The molecule has 0 heterocycles. The molecule has 0 unspecified atom stereocenters. The number of carbonyl (C=O) groups excluding carboxylic acids is 1. The normalized spacial score (nSPS) is 11.9. The third-order valence-corrected chi connectivity index (χ3v) is 2.42. The molecule has 0 rings (SSSR count). The molecule has 0 saturated carbocycles. The first-order valence-electron chi connectivity index (χ1n) is 5.57. The number of hydrogen-bond donors (Lipinski definition) is 0. The molecular formula is C12H24O2. The van der Waals surface area contributed by atoms with Crippen molar-refractivity contribution >= 4 is 5.97 Å². The van der Waals surface area contributed by atoms with E-state index in [1.807, 2.05) is 13.8 Å². The van der Waals surface area contributed by atoms with Crippen molar-refractivity contribution < 1.29 is 9.53 Å². The largest absolute Gasteiger partial charge is 0.465 e. The Balaban J connectivity index is 3.74. The first-order chi connectivity index (χ1) is 6.40. The van der Waals surface area contributed by atoms with E-state index in [4.69, 9.17) is 4.74 Å². The molecule has 0 aliphatic heterocycles. The van der Waals surface area contributed by atoms with Gasteiger partial charge in [-0.25, -0.2) is 0 Å². The molecule has 2 heteroatoms. The van der Waals surface area contributed by atoms with E-state index in [1.165, 1.54) is 0 Å². The van der Waals surface area contributed by atoms with Crippen molar-refractivity contribution in [2.45, 2.75) is 53.9 Å². The molecule has 0 radical (unpaired) electrons. The molecule has 0 amide bonds. The average Bonchev–Trinajstić information content (AvgIpc) is 2.04. The van der Waals surface area contributed by atoms with E-state index in [9.17, 15) is 4.79 Å². The predicted octanol–water partition coefficient (Wildman–Crippen LogP) is 3.40. The van der Waals surface area contributed by atoms with E-state index in [1.54, 1.807) is 0 Å². The monoisotopic (exact) mass is 200 g/mol. The van der Waals surface area contributed by atoms with E-state index >= 15 is 0 Å². The molecule has 0 N–H and O–H groups in total. The van der Waals surface area contributed by atoms with Crippen LogP contribution in [0, 0.1) is 11.3 Å². The minimum atomic E-state index is -0.0285. The topological polar surface area (TPSA) is 26.3 Å². The molecule has 2 nitrogen and oxygen atoms in total. The van der Waals surface area contributed by atoms with Crippen LogP contribution in [0.5, 0.6) is 0 Å². The number of ether oxygens (including phenoxy) is 1. The van der Waals surface area contributed by atoms with Gasteiger partial charge < -0.3 is 4.74 Å². The molecule has 0 aliphatic rings. The summed E-state index contributed by atoms with van der Waals surface area (Å²) >= 11 is 0. The van der Waals surface area contributed by atoms with Crippen LogP contribution in [0.4, 0.5) is 0 Å². The lowest BCUT2D eigenvalue weighted by molar-refractivity contribution is -0.149. The van der Waals surface area contributed by atoms with Gasteiger partial charge in [-0.05, 0) is 24.7 Å². The summed E-state index contributed by atoms with van der Waals surface area (Å²) in [4.78, 5) is 11.5. The summed E-state index contributed by atoms with van der Waals surface area (Å²) in [6, 6.07) is 0. The van der Waals surface area contributed by atoms with Crippen molar-refractivity contribution in [3.63, 3.8) is 0 Å². The zero-order valence-electron chi connectivity index (χ0n) is 10.2. The van der Waals surface area contributed by atoms with Gasteiger partial charge in [0, 0.05) is 0 Å². The van der Waals surface area contributed by atoms with Gasteiger partial charge in [-0.1, -0.05) is 34.6 Å². The Morgan fingerprint density at radius 2 is 1.71 bits per heavy atom. The lowest BCUT2D eigenvalue weighted by Gasteiger charge is -2.19. The molecule has 0 fully saturated rings. The third-order valence-electron chi connectivity index (χ3n) is 2.42. The number of hydrogen-bond acceptors (Lipinski definition) is 2. The Morgan fingerprint density at radius 1 is 1.21 bits per heavy atom. The fourth-order valence-electron chi connectivity index (χ4n) is 1.20. The van der Waals surface area contributed by atoms with E-state index in [-0.39, 0.29) is 17.3 Å². The van der Waals surface area contributed by atoms with Crippen molar-refractivity contribution in [2.24, 2.45) is 11.3 Å². The van der Waals surface area contributed by atoms with Crippen LogP contribution in [0.2, 0.25) is 0 Å².